The van der Waals surface area contributed by atoms with Crippen LogP contribution in [0.4, 0.5) is 0 Å². The molecule has 0 N–H and O–H groups in total. The molecule has 0 aromatic heterocycles. The molecule has 0 unspecified atom stereocenters. The molecule has 0 spiro atoms. The average molecular weight is 214 g/mol. The summed E-state index contributed by atoms with van der Waals surface area (Å²) in [6.45, 7) is 18.2. The van der Waals surface area contributed by atoms with E-state index in [0.29, 0.717) is 10.8 Å². The lowest BCUT2D eigenvalue weighted by atomic mass is 9.90. The Morgan fingerprint density at radius 3 is 1.07 bits per heavy atom. The third-order valence-electron chi connectivity index (χ3n) is 2.28. The highest BCUT2D eigenvalue weighted by Crippen LogP contribution is 2.21. The lowest BCUT2D eigenvalue weighted by Crippen LogP contribution is -2.03. The van der Waals surface area contributed by atoms with E-state index in [1.165, 1.54) is 32.1 Å². The maximum atomic E-state index is 2.29. The van der Waals surface area contributed by atoms with Gasteiger partial charge in [-0.3, -0.25) is 0 Å². The first-order chi connectivity index (χ1) is 6.62. The van der Waals surface area contributed by atoms with Crippen molar-refractivity contribution in [1.82, 2.24) is 0 Å². The maximum Gasteiger partial charge on any atom is -0.0383 e. The van der Waals surface area contributed by atoms with Gasteiger partial charge in [0, 0.05) is 0 Å². The van der Waals surface area contributed by atoms with E-state index in [1.807, 2.05) is 0 Å². The summed E-state index contributed by atoms with van der Waals surface area (Å²) in [7, 11) is 0. The zero-order valence-electron chi connectivity index (χ0n) is 12.5. The number of hydrogen-bond donors (Lipinski definition) is 0. The van der Waals surface area contributed by atoms with E-state index in [0.717, 1.165) is 0 Å². The second kappa shape index (κ2) is 8.19. The van der Waals surface area contributed by atoms with Gasteiger partial charge in [-0.1, -0.05) is 74.7 Å². The van der Waals surface area contributed by atoms with E-state index in [9.17, 15) is 0 Å². The topological polar surface area (TPSA) is 0 Å². The van der Waals surface area contributed by atoms with Crippen LogP contribution in [0.5, 0.6) is 0 Å². The molecule has 0 saturated carbocycles. The third-order valence-corrected chi connectivity index (χ3v) is 2.28. The van der Waals surface area contributed by atoms with Gasteiger partial charge in [-0.2, -0.15) is 0 Å². The lowest BCUT2D eigenvalue weighted by molar-refractivity contribution is 0.363. The molecule has 0 aromatic rings. The number of hydrogen-bond acceptors (Lipinski definition) is 0. The molecule has 0 fully saturated rings. The van der Waals surface area contributed by atoms with Gasteiger partial charge in [0.2, 0.25) is 0 Å². The fraction of sp³-hybridized carbons (Fsp3) is 1.00. The summed E-state index contributed by atoms with van der Waals surface area (Å²) in [5.41, 5.74) is 1.10. The molecule has 94 valence electrons. The summed E-state index contributed by atoms with van der Waals surface area (Å²) in [5, 5.41) is 0. The molecule has 0 saturated heterocycles. The molecule has 0 bridgehead atoms. The van der Waals surface area contributed by atoms with Crippen molar-refractivity contribution in [3.05, 3.63) is 0 Å². The van der Waals surface area contributed by atoms with Crippen LogP contribution >= 0.6 is 0 Å². The minimum atomic E-state index is 0.550. The van der Waals surface area contributed by atoms with Gasteiger partial charge in [-0.25, -0.2) is 0 Å². The van der Waals surface area contributed by atoms with E-state index in [2.05, 4.69) is 55.4 Å². The summed E-state index contributed by atoms with van der Waals surface area (Å²) < 4.78 is 0. The van der Waals surface area contributed by atoms with Crippen molar-refractivity contribution >= 4 is 0 Å². The molecule has 0 nitrogen and oxygen atoms in total. The molecule has 0 atom stereocenters. The normalized spacial score (nSPS) is 12.0. The second-order valence-corrected chi connectivity index (χ2v) is 6.97. The van der Waals surface area contributed by atoms with Gasteiger partial charge >= 0.3 is 0 Å². The molecule has 0 rings (SSSR count). The zero-order chi connectivity index (χ0) is 12.5. The van der Waals surface area contributed by atoms with Crippen molar-refractivity contribution in [3.63, 3.8) is 0 Å². The summed E-state index contributed by atoms with van der Waals surface area (Å²) in [6, 6.07) is 0. The van der Waals surface area contributed by atoms with Crippen LogP contribution in [0.25, 0.3) is 0 Å². The van der Waals surface area contributed by atoms with Crippen molar-refractivity contribution in [2.24, 2.45) is 10.8 Å². The maximum absolute atomic E-state index is 2.29. The van der Waals surface area contributed by atoms with Crippen LogP contribution in [0.2, 0.25) is 0 Å². The predicted octanol–water partition coefficient (Wildman–Crippen LogP) is 6.06. The van der Waals surface area contributed by atoms with Crippen LogP contribution in [0.15, 0.2) is 0 Å². The largest absolute Gasteiger partial charge is 0.0654 e. The Kier molecular flexibility index (Phi) is 9.49. The first-order valence-electron chi connectivity index (χ1n) is 6.62. The summed E-state index contributed by atoms with van der Waals surface area (Å²) in [4.78, 5) is 0. The zero-order valence-corrected chi connectivity index (χ0v) is 12.5. The van der Waals surface area contributed by atoms with E-state index in [1.54, 1.807) is 0 Å². The Bertz CT molecular complexity index is 120. The molecule has 15 heavy (non-hydrogen) atoms. The van der Waals surface area contributed by atoms with Gasteiger partial charge in [0.1, 0.15) is 0 Å². The highest BCUT2D eigenvalue weighted by Gasteiger charge is 2.07. The summed E-state index contributed by atoms with van der Waals surface area (Å²) in [5.74, 6) is 0. The fourth-order valence-electron chi connectivity index (χ4n) is 1.46. The molecule has 0 heteroatoms. The molecule has 0 aliphatic heterocycles. The number of rotatable bonds is 3. The van der Waals surface area contributed by atoms with Crippen molar-refractivity contribution in [2.75, 3.05) is 0 Å². The first-order valence-corrected chi connectivity index (χ1v) is 6.62. The number of unbranched alkanes of at least 4 members (excludes halogenated alkanes) is 1. The van der Waals surface area contributed by atoms with Gasteiger partial charge in [0.05, 0.1) is 0 Å². The summed E-state index contributed by atoms with van der Waals surface area (Å²) >= 11 is 0. The smallest absolute Gasteiger partial charge is 0.0383 e. The predicted molar refractivity (Wildman–Crippen MR) is 73.3 cm³/mol. The van der Waals surface area contributed by atoms with Crippen LogP contribution in [0.3, 0.4) is 0 Å². The minimum Gasteiger partial charge on any atom is -0.0654 e. The second-order valence-electron chi connectivity index (χ2n) is 6.97. The quantitative estimate of drug-likeness (QED) is 0.536. The SMILES string of the molecule is CCCC(C)(C)C.CCCCC(C)(C)C. The van der Waals surface area contributed by atoms with Crippen molar-refractivity contribution in [3.8, 4) is 0 Å². The molecule has 0 heterocycles. The van der Waals surface area contributed by atoms with E-state index < -0.39 is 0 Å². The molecular weight excluding hydrogens is 180 g/mol. The standard InChI is InChI=1S/C8H18.C7H16/c1-5-6-7-8(2,3)4;1-5-6-7(2,3)4/h5-7H2,1-4H3;5-6H2,1-4H3. The van der Waals surface area contributed by atoms with Crippen LogP contribution in [0.1, 0.15) is 87.5 Å². The Balaban J connectivity index is 0. The Hall–Kier alpha value is 0. The van der Waals surface area contributed by atoms with Crippen LogP contribution in [-0.4, -0.2) is 0 Å². The van der Waals surface area contributed by atoms with Gasteiger partial charge in [-0.15, -0.1) is 0 Å². The monoisotopic (exact) mass is 214 g/mol. The van der Waals surface area contributed by atoms with Crippen molar-refractivity contribution in [1.29, 1.82) is 0 Å². The Morgan fingerprint density at radius 1 is 0.600 bits per heavy atom. The lowest BCUT2D eigenvalue weighted by Gasteiger charge is -2.16. The van der Waals surface area contributed by atoms with Gasteiger partial charge < -0.3 is 0 Å². The van der Waals surface area contributed by atoms with Gasteiger partial charge in [0.15, 0.2) is 0 Å². The highest BCUT2D eigenvalue weighted by atomic mass is 14.1. The van der Waals surface area contributed by atoms with E-state index >= 15 is 0 Å². The minimum absolute atomic E-state index is 0.550. The van der Waals surface area contributed by atoms with Gasteiger partial charge in [0.25, 0.3) is 0 Å². The fourth-order valence-corrected chi connectivity index (χ4v) is 1.46. The van der Waals surface area contributed by atoms with Crippen LogP contribution < -0.4 is 0 Å². The van der Waals surface area contributed by atoms with Crippen LogP contribution in [-0.2, 0) is 0 Å². The Labute approximate surface area is 98.9 Å². The molecule has 0 aliphatic rings. The molecule has 0 radical (unpaired) electrons. The average Bonchev–Trinajstić information content (AvgIpc) is 1.98. The van der Waals surface area contributed by atoms with Crippen molar-refractivity contribution in [2.45, 2.75) is 87.5 Å². The van der Waals surface area contributed by atoms with Crippen molar-refractivity contribution < 1.29 is 0 Å². The van der Waals surface area contributed by atoms with E-state index in [-0.39, 0.29) is 0 Å². The molecule has 0 aliphatic carbocycles. The molecule has 0 amide bonds. The highest BCUT2D eigenvalue weighted by molar-refractivity contribution is 4.59. The van der Waals surface area contributed by atoms with Crippen LogP contribution in [0, 0.1) is 10.8 Å². The molecule has 0 aromatic carbocycles. The van der Waals surface area contributed by atoms with Gasteiger partial charge in [-0.05, 0) is 23.7 Å². The first kappa shape index (κ1) is 17.4. The summed E-state index contributed by atoms with van der Waals surface area (Å²) in [6.07, 6.45) is 6.72. The molecular formula is C15H34. The van der Waals surface area contributed by atoms with E-state index in [4.69, 9.17) is 0 Å². The Morgan fingerprint density at radius 2 is 1.00 bits per heavy atom. The third kappa shape index (κ3) is 24.9.